The van der Waals surface area contributed by atoms with E-state index in [1.165, 1.54) is 0 Å². The summed E-state index contributed by atoms with van der Waals surface area (Å²) < 4.78 is 5.37. The van der Waals surface area contributed by atoms with Gasteiger partial charge in [-0.15, -0.1) is 11.8 Å². The summed E-state index contributed by atoms with van der Waals surface area (Å²) in [5.74, 6) is 1.23. The molecule has 0 spiro atoms. The predicted molar refractivity (Wildman–Crippen MR) is 94.4 cm³/mol. The molecule has 0 radical (unpaired) electrons. The number of aromatic nitrogens is 3. The fraction of sp³-hybridized carbons (Fsp3) is 0.222. The van der Waals surface area contributed by atoms with Crippen LogP contribution in [0.15, 0.2) is 58.2 Å². The van der Waals surface area contributed by atoms with Gasteiger partial charge < -0.3 is 9.42 Å². The molecule has 7 heteroatoms. The van der Waals surface area contributed by atoms with E-state index in [0.29, 0.717) is 24.8 Å². The van der Waals surface area contributed by atoms with Crippen LogP contribution < -0.4 is 0 Å². The Kier molecular flexibility index (Phi) is 4.23. The van der Waals surface area contributed by atoms with Gasteiger partial charge >= 0.3 is 0 Å². The van der Waals surface area contributed by atoms with Crippen LogP contribution in [-0.4, -0.2) is 45.3 Å². The third kappa shape index (κ3) is 3.02. The maximum atomic E-state index is 12.6. The third-order valence-electron chi connectivity index (χ3n) is 4.22. The van der Waals surface area contributed by atoms with E-state index in [2.05, 4.69) is 15.1 Å². The normalized spacial score (nSPS) is 14.4. The molecule has 1 fully saturated rings. The second-order valence-electron chi connectivity index (χ2n) is 5.81. The van der Waals surface area contributed by atoms with Crippen LogP contribution in [0.4, 0.5) is 0 Å². The molecule has 6 nitrogen and oxygen atoms in total. The molecule has 3 heterocycles. The highest BCUT2D eigenvalue weighted by molar-refractivity contribution is 7.98. The Labute approximate surface area is 149 Å². The summed E-state index contributed by atoms with van der Waals surface area (Å²) >= 11 is 1.58. The van der Waals surface area contributed by atoms with Crippen LogP contribution in [0, 0.1) is 0 Å². The maximum Gasteiger partial charge on any atom is 0.255 e. The van der Waals surface area contributed by atoms with Gasteiger partial charge in [0, 0.05) is 35.9 Å². The predicted octanol–water partition coefficient (Wildman–Crippen LogP) is 3.09. The Balaban J connectivity index is 1.44. The first-order valence-corrected chi connectivity index (χ1v) is 9.15. The summed E-state index contributed by atoms with van der Waals surface area (Å²) in [5.41, 5.74) is 1.56. The number of likely N-dealkylation sites (tertiary alicyclic amines) is 1. The number of carbonyl (C=O) groups is 1. The Hall–Kier alpha value is -2.67. The van der Waals surface area contributed by atoms with Crippen molar-refractivity contribution in [2.45, 2.75) is 10.8 Å². The smallest absolute Gasteiger partial charge is 0.255 e. The zero-order valence-electron chi connectivity index (χ0n) is 13.6. The van der Waals surface area contributed by atoms with Crippen LogP contribution in [0.3, 0.4) is 0 Å². The number of carbonyl (C=O) groups excluding carboxylic acids is 1. The van der Waals surface area contributed by atoms with Crippen LogP contribution in [0.5, 0.6) is 0 Å². The van der Waals surface area contributed by atoms with Crippen LogP contribution >= 0.6 is 11.8 Å². The van der Waals surface area contributed by atoms with Gasteiger partial charge in [-0.2, -0.15) is 4.98 Å². The number of amides is 1. The van der Waals surface area contributed by atoms with E-state index >= 15 is 0 Å². The van der Waals surface area contributed by atoms with Gasteiger partial charge in [-0.05, 0) is 30.5 Å². The summed E-state index contributed by atoms with van der Waals surface area (Å²) in [6.07, 6.45) is 5.38. The van der Waals surface area contributed by atoms with E-state index < -0.39 is 0 Å². The van der Waals surface area contributed by atoms with E-state index in [1.54, 1.807) is 24.2 Å². The minimum Gasteiger partial charge on any atom is -0.339 e. The average molecular weight is 352 g/mol. The first kappa shape index (κ1) is 15.8. The number of pyridine rings is 1. The molecular formula is C18H16N4O2S. The summed E-state index contributed by atoms with van der Waals surface area (Å²) in [7, 11) is 0. The molecule has 1 saturated heterocycles. The molecule has 0 atom stereocenters. The first-order valence-electron chi connectivity index (χ1n) is 7.92. The topological polar surface area (TPSA) is 72.1 Å². The van der Waals surface area contributed by atoms with Crippen molar-refractivity contribution in [1.29, 1.82) is 0 Å². The lowest BCUT2D eigenvalue weighted by molar-refractivity contribution is 0.0565. The highest BCUT2D eigenvalue weighted by Gasteiger charge is 2.36. The number of thioether (sulfide) groups is 1. The molecule has 4 rings (SSSR count). The quantitative estimate of drug-likeness (QED) is 0.672. The van der Waals surface area contributed by atoms with Crippen molar-refractivity contribution < 1.29 is 9.32 Å². The minimum atomic E-state index is 0.0493. The number of benzene rings is 1. The fourth-order valence-corrected chi connectivity index (χ4v) is 3.40. The molecule has 1 aromatic carbocycles. The summed E-state index contributed by atoms with van der Waals surface area (Å²) in [6.45, 7) is 1.19. The van der Waals surface area contributed by atoms with Crippen molar-refractivity contribution in [2.24, 2.45) is 0 Å². The molecule has 1 aliphatic rings. The summed E-state index contributed by atoms with van der Waals surface area (Å²) in [4.78, 5) is 24.0. The van der Waals surface area contributed by atoms with Gasteiger partial charge in [-0.25, -0.2) is 0 Å². The molecule has 1 amide bonds. The van der Waals surface area contributed by atoms with Crippen molar-refractivity contribution >= 4 is 17.7 Å². The standard InChI is InChI=1S/C18H16N4O2S/c1-25-15-7-3-2-6-14(15)18(23)22-10-13(11-22)17-20-16(21-24-17)12-5-4-8-19-9-12/h2-9,13H,10-11H2,1H3. The largest absolute Gasteiger partial charge is 0.339 e. The van der Waals surface area contributed by atoms with Gasteiger partial charge in [0.2, 0.25) is 11.7 Å². The van der Waals surface area contributed by atoms with E-state index in [4.69, 9.17) is 4.52 Å². The lowest BCUT2D eigenvalue weighted by atomic mass is 9.98. The zero-order chi connectivity index (χ0) is 17.2. The molecule has 0 N–H and O–H groups in total. The second kappa shape index (κ2) is 6.68. The molecule has 3 aromatic rings. The third-order valence-corrected chi connectivity index (χ3v) is 5.01. The first-order chi connectivity index (χ1) is 12.3. The molecule has 0 bridgehead atoms. The zero-order valence-corrected chi connectivity index (χ0v) is 14.4. The molecular weight excluding hydrogens is 336 g/mol. The second-order valence-corrected chi connectivity index (χ2v) is 6.65. The maximum absolute atomic E-state index is 12.6. The Morgan fingerprint density at radius 2 is 2.08 bits per heavy atom. The molecule has 0 aliphatic carbocycles. The molecule has 0 unspecified atom stereocenters. The monoisotopic (exact) mass is 352 g/mol. The van der Waals surface area contributed by atoms with Gasteiger partial charge in [0.15, 0.2) is 0 Å². The highest BCUT2D eigenvalue weighted by atomic mass is 32.2. The molecule has 25 heavy (non-hydrogen) atoms. The van der Waals surface area contributed by atoms with E-state index in [0.717, 1.165) is 16.0 Å². The number of hydrogen-bond donors (Lipinski definition) is 0. The van der Waals surface area contributed by atoms with Gasteiger partial charge in [-0.3, -0.25) is 9.78 Å². The SMILES string of the molecule is CSc1ccccc1C(=O)N1CC(c2nc(-c3cccnc3)no2)C1. The van der Waals surface area contributed by atoms with Crippen molar-refractivity contribution in [1.82, 2.24) is 20.0 Å². The van der Waals surface area contributed by atoms with Crippen molar-refractivity contribution in [3.63, 3.8) is 0 Å². The van der Waals surface area contributed by atoms with E-state index in [9.17, 15) is 4.79 Å². The minimum absolute atomic E-state index is 0.0493. The van der Waals surface area contributed by atoms with Gasteiger partial charge in [-0.1, -0.05) is 17.3 Å². The lowest BCUT2D eigenvalue weighted by Crippen LogP contribution is -2.48. The molecule has 1 aliphatic heterocycles. The molecule has 126 valence electrons. The van der Waals surface area contributed by atoms with Crippen LogP contribution in [0.1, 0.15) is 22.2 Å². The van der Waals surface area contributed by atoms with Gasteiger partial charge in [0.25, 0.3) is 5.91 Å². The Bertz CT molecular complexity index is 891. The fourth-order valence-electron chi connectivity index (χ4n) is 2.81. The van der Waals surface area contributed by atoms with Crippen molar-refractivity contribution in [3.8, 4) is 11.4 Å². The number of rotatable bonds is 4. The van der Waals surface area contributed by atoms with Crippen LogP contribution in [0.25, 0.3) is 11.4 Å². The summed E-state index contributed by atoms with van der Waals surface area (Å²) in [6, 6.07) is 11.4. The van der Waals surface area contributed by atoms with Crippen LogP contribution in [0.2, 0.25) is 0 Å². The van der Waals surface area contributed by atoms with Gasteiger partial charge in [0.05, 0.1) is 11.5 Å². The van der Waals surface area contributed by atoms with Gasteiger partial charge in [0.1, 0.15) is 0 Å². The van der Waals surface area contributed by atoms with Crippen molar-refractivity contribution in [2.75, 3.05) is 19.3 Å². The molecule has 0 saturated carbocycles. The highest BCUT2D eigenvalue weighted by Crippen LogP contribution is 2.30. The lowest BCUT2D eigenvalue weighted by Gasteiger charge is -2.37. The number of hydrogen-bond acceptors (Lipinski definition) is 6. The van der Waals surface area contributed by atoms with E-state index in [1.807, 2.05) is 47.6 Å². The average Bonchev–Trinajstić information content (AvgIpc) is 3.10. The van der Waals surface area contributed by atoms with Crippen molar-refractivity contribution in [3.05, 3.63) is 60.2 Å². The summed E-state index contributed by atoms with van der Waals surface area (Å²) in [5, 5.41) is 4.01. The van der Waals surface area contributed by atoms with E-state index in [-0.39, 0.29) is 11.8 Å². The number of nitrogens with zero attached hydrogens (tertiary/aromatic N) is 4. The molecule has 2 aromatic heterocycles. The Morgan fingerprint density at radius 1 is 1.24 bits per heavy atom. The Morgan fingerprint density at radius 3 is 2.84 bits per heavy atom. The van der Waals surface area contributed by atoms with Crippen LogP contribution in [-0.2, 0) is 0 Å².